The SMILES string of the molecule is C[N+](C)(C)CC(CC(=O)O)OC(=O)CCC/C=C/C=C/C=C/CCCC(=O)O. The highest BCUT2D eigenvalue weighted by molar-refractivity contribution is 5.71. The number of esters is 1. The zero-order valence-corrected chi connectivity index (χ0v) is 17.2. The van der Waals surface area contributed by atoms with Crippen molar-refractivity contribution in [2.24, 2.45) is 0 Å². The Morgan fingerprint density at radius 3 is 1.86 bits per heavy atom. The maximum Gasteiger partial charge on any atom is 0.307 e. The molecule has 0 spiro atoms. The summed E-state index contributed by atoms with van der Waals surface area (Å²) in [5.74, 6) is -2.12. The highest BCUT2D eigenvalue weighted by atomic mass is 16.5. The average Bonchev–Trinajstić information content (AvgIpc) is 2.53. The second kappa shape index (κ2) is 14.6. The summed E-state index contributed by atoms with van der Waals surface area (Å²) < 4.78 is 5.85. The molecule has 0 aliphatic rings. The molecule has 0 aromatic rings. The second-order valence-corrected chi connectivity index (χ2v) is 7.60. The Hall–Kier alpha value is -2.41. The zero-order chi connectivity index (χ0) is 21.4. The van der Waals surface area contributed by atoms with Crippen molar-refractivity contribution in [2.45, 2.75) is 51.0 Å². The molecule has 0 aliphatic heterocycles. The number of aliphatic carboxylic acids is 2. The van der Waals surface area contributed by atoms with Gasteiger partial charge < -0.3 is 19.4 Å². The van der Waals surface area contributed by atoms with Crippen LogP contribution in [0.2, 0.25) is 0 Å². The largest absolute Gasteiger partial charge is 0.481 e. The smallest absolute Gasteiger partial charge is 0.307 e. The number of unbranched alkanes of at least 4 members (excludes halogenated alkanes) is 2. The van der Waals surface area contributed by atoms with E-state index in [-0.39, 0.29) is 25.2 Å². The number of ether oxygens (including phenoxy) is 1. The monoisotopic (exact) mass is 396 g/mol. The van der Waals surface area contributed by atoms with E-state index < -0.39 is 18.0 Å². The first-order chi connectivity index (χ1) is 13.1. The molecular weight excluding hydrogens is 362 g/mol. The Balaban J connectivity index is 4.01. The van der Waals surface area contributed by atoms with E-state index in [4.69, 9.17) is 14.9 Å². The molecule has 0 radical (unpaired) electrons. The molecule has 0 bridgehead atoms. The Bertz CT molecular complexity index is 572. The Morgan fingerprint density at radius 2 is 1.39 bits per heavy atom. The molecule has 7 nitrogen and oxygen atoms in total. The summed E-state index contributed by atoms with van der Waals surface area (Å²) in [5.41, 5.74) is 0. The van der Waals surface area contributed by atoms with Gasteiger partial charge in [0.2, 0.25) is 0 Å². The topological polar surface area (TPSA) is 101 Å². The number of hydrogen-bond acceptors (Lipinski definition) is 4. The van der Waals surface area contributed by atoms with Crippen molar-refractivity contribution in [1.29, 1.82) is 0 Å². The van der Waals surface area contributed by atoms with Gasteiger partial charge in [-0.3, -0.25) is 14.4 Å². The molecule has 0 rings (SSSR count). The van der Waals surface area contributed by atoms with Crippen molar-refractivity contribution in [2.75, 3.05) is 27.7 Å². The first-order valence-electron chi connectivity index (χ1n) is 9.52. The van der Waals surface area contributed by atoms with Gasteiger partial charge in [0.1, 0.15) is 6.54 Å². The zero-order valence-electron chi connectivity index (χ0n) is 17.2. The lowest BCUT2D eigenvalue weighted by Crippen LogP contribution is -2.43. The minimum atomic E-state index is -0.975. The number of likely N-dealkylation sites (N-methyl/N-ethyl adjacent to an activating group) is 1. The Kier molecular flexibility index (Phi) is 13.4. The lowest BCUT2D eigenvalue weighted by molar-refractivity contribution is -0.873. The molecule has 0 aliphatic carbocycles. The van der Waals surface area contributed by atoms with Gasteiger partial charge in [-0.25, -0.2) is 0 Å². The van der Waals surface area contributed by atoms with Crippen LogP contribution in [0, 0.1) is 0 Å². The van der Waals surface area contributed by atoms with E-state index in [0.29, 0.717) is 23.9 Å². The second-order valence-electron chi connectivity index (χ2n) is 7.60. The predicted molar refractivity (Wildman–Crippen MR) is 108 cm³/mol. The van der Waals surface area contributed by atoms with Gasteiger partial charge >= 0.3 is 17.9 Å². The fourth-order valence-electron chi connectivity index (χ4n) is 2.41. The third kappa shape index (κ3) is 18.4. The number of carbonyl (C=O) groups is 3. The van der Waals surface area contributed by atoms with Crippen molar-refractivity contribution in [3.63, 3.8) is 0 Å². The van der Waals surface area contributed by atoms with Crippen LogP contribution in [0.15, 0.2) is 36.5 Å². The summed E-state index contributed by atoms with van der Waals surface area (Å²) in [5, 5.41) is 17.5. The maximum absolute atomic E-state index is 11.9. The van der Waals surface area contributed by atoms with E-state index in [9.17, 15) is 14.4 Å². The van der Waals surface area contributed by atoms with Gasteiger partial charge in [-0.05, 0) is 25.7 Å². The lowest BCUT2D eigenvalue weighted by Gasteiger charge is -2.28. The van der Waals surface area contributed by atoms with Crippen LogP contribution in [0.25, 0.3) is 0 Å². The predicted octanol–water partition coefficient (Wildman–Crippen LogP) is 3.17. The third-order valence-electron chi connectivity index (χ3n) is 3.57. The summed E-state index contributed by atoms with van der Waals surface area (Å²) in [4.78, 5) is 33.2. The number of carboxylic acid groups (broad SMARTS) is 2. The van der Waals surface area contributed by atoms with Crippen LogP contribution in [0.5, 0.6) is 0 Å². The van der Waals surface area contributed by atoms with Crippen molar-refractivity contribution >= 4 is 17.9 Å². The Labute approximate surface area is 167 Å². The quantitative estimate of drug-likeness (QED) is 0.191. The van der Waals surface area contributed by atoms with Crippen molar-refractivity contribution in [3.8, 4) is 0 Å². The number of allylic oxidation sites excluding steroid dienone is 6. The van der Waals surface area contributed by atoms with Crippen LogP contribution >= 0.6 is 0 Å². The molecule has 0 aromatic carbocycles. The molecule has 2 N–H and O–H groups in total. The van der Waals surface area contributed by atoms with Crippen LogP contribution in [-0.2, 0) is 19.1 Å². The molecule has 1 atom stereocenters. The van der Waals surface area contributed by atoms with E-state index in [2.05, 4.69) is 0 Å². The van der Waals surface area contributed by atoms with Gasteiger partial charge in [0.05, 0.1) is 27.6 Å². The first-order valence-corrected chi connectivity index (χ1v) is 9.52. The summed E-state index contributed by atoms with van der Waals surface area (Å²) in [6.07, 6.45) is 13.7. The van der Waals surface area contributed by atoms with Gasteiger partial charge in [0, 0.05) is 12.8 Å². The van der Waals surface area contributed by atoms with Gasteiger partial charge in [-0.15, -0.1) is 0 Å². The summed E-state index contributed by atoms with van der Waals surface area (Å²) in [7, 11) is 5.77. The van der Waals surface area contributed by atoms with Crippen molar-refractivity contribution in [3.05, 3.63) is 36.5 Å². The standard InChI is InChI=1S/C21H33NO6/c1-22(2,3)17-18(16-20(25)26)28-21(27)15-13-11-9-7-5-4-6-8-10-12-14-19(23)24/h4-9,18H,10-17H2,1-3H3,(H-,23,24,25,26)/p+1/b5-4+,8-6+,9-7+. The average molecular weight is 397 g/mol. The molecule has 0 fully saturated rings. The summed E-state index contributed by atoms with van der Waals surface area (Å²) in [6.45, 7) is 0.451. The molecular formula is C21H34NO6+. The molecule has 0 aromatic heterocycles. The van der Waals surface area contributed by atoms with Crippen molar-refractivity contribution < 1.29 is 33.8 Å². The van der Waals surface area contributed by atoms with Crippen LogP contribution in [0.3, 0.4) is 0 Å². The Morgan fingerprint density at radius 1 is 0.857 bits per heavy atom. The lowest BCUT2D eigenvalue weighted by atomic mass is 10.2. The fraction of sp³-hybridized carbons (Fsp3) is 0.571. The molecule has 0 amide bonds. The molecule has 7 heteroatoms. The normalized spacial score (nSPS) is 13.4. The van der Waals surface area contributed by atoms with E-state index in [1.54, 1.807) is 0 Å². The highest BCUT2D eigenvalue weighted by Crippen LogP contribution is 2.08. The van der Waals surface area contributed by atoms with Crippen LogP contribution in [-0.4, -0.2) is 66.4 Å². The molecule has 28 heavy (non-hydrogen) atoms. The van der Waals surface area contributed by atoms with Crippen LogP contribution < -0.4 is 0 Å². The number of hydrogen-bond donors (Lipinski definition) is 2. The fourth-order valence-corrected chi connectivity index (χ4v) is 2.41. The third-order valence-corrected chi connectivity index (χ3v) is 3.57. The van der Waals surface area contributed by atoms with Crippen molar-refractivity contribution in [1.82, 2.24) is 0 Å². The van der Waals surface area contributed by atoms with Crippen LogP contribution in [0.4, 0.5) is 0 Å². The molecule has 158 valence electrons. The molecule has 0 heterocycles. The maximum atomic E-state index is 11.9. The number of quaternary nitrogens is 1. The minimum Gasteiger partial charge on any atom is -0.481 e. The molecule has 0 saturated carbocycles. The first kappa shape index (κ1) is 25.6. The van der Waals surface area contributed by atoms with Gasteiger partial charge in [0.25, 0.3) is 0 Å². The summed E-state index contributed by atoms with van der Waals surface area (Å²) in [6, 6.07) is 0. The van der Waals surface area contributed by atoms with Gasteiger partial charge in [0.15, 0.2) is 6.10 Å². The van der Waals surface area contributed by atoms with Gasteiger partial charge in [-0.2, -0.15) is 0 Å². The molecule has 1 unspecified atom stereocenters. The number of nitrogens with zero attached hydrogens (tertiary/aromatic N) is 1. The van der Waals surface area contributed by atoms with Crippen LogP contribution in [0.1, 0.15) is 44.9 Å². The number of rotatable bonds is 15. The summed E-state index contributed by atoms with van der Waals surface area (Å²) >= 11 is 0. The highest BCUT2D eigenvalue weighted by Gasteiger charge is 2.24. The van der Waals surface area contributed by atoms with E-state index >= 15 is 0 Å². The van der Waals surface area contributed by atoms with E-state index in [1.807, 2.05) is 57.6 Å². The molecule has 0 saturated heterocycles. The minimum absolute atomic E-state index is 0.183. The van der Waals surface area contributed by atoms with E-state index in [1.165, 1.54) is 0 Å². The van der Waals surface area contributed by atoms with Gasteiger partial charge in [-0.1, -0.05) is 36.5 Å². The number of carbonyl (C=O) groups excluding carboxylic acids is 1. The van der Waals surface area contributed by atoms with E-state index in [0.717, 1.165) is 12.8 Å². The number of carboxylic acids is 2.